The smallest absolute Gasteiger partial charge is 0.282 e. The fourth-order valence-electron chi connectivity index (χ4n) is 2.15. The Bertz CT molecular complexity index is 842. The summed E-state index contributed by atoms with van der Waals surface area (Å²) in [5.41, 5.74) is -0.0310. The van der Waals surface area contributed by atoms with Gasteiger partial charge in [0.15, 0.2) is 11.5 Å². The molecule has 0 aromatic heterocycles. The monoisotopic (exact) mass is 366 g/mol. The van der Waals surface area contributed by atoms with Gasteiger partial charge in [0.2, 0.25) is 5.75 Å². The van der Waals surface area contributed by atoms with Crippen molar-refractivity contribution in [1.29, 1.82) is 0 Å². The summed E-state index contributed by atoms with van der Waals surface area (Å²) in [6.45, 7) is 0. The van der Waals surface area contributed by atoms with Crippen LogP contribution in [0.4, 0.5) is 0 Å². The highest BCUT2D eigenvalue weighted by Gasteiger charge is 2.29. The predicted molar refractivity (Wildman–Crippen MR) is 90.1 cm³/mol. The second kappa shape index (κ2) is 7.41. The van der Waals surface area contributed by atoms with Gasteiger partial charge in [0.05, 0.1) is 26.2 Å². The highest BCUT2D eigenvalue weighted by atomic mass is 32.2. The molecule has 9 heteroatoms. The van der Waals surface area contributed by atoms with Gasteiger partial charge < -0.3 is 14.2 Å². The molecule has 0 bridgehead atoms. The molecule has 25 heavy (non-hydrogen) atoms. The van der Waals surface area contributed by atoms with E-state index in [1.165, 1.54) is 57.7 Å². The SMILES string of the molecule is COc1cc(C(=O)N(N)S(=O)(=O)c2ccccc2)cc(OC)c1OC. The molecule has 0 fully saturated rings. The van der Waals surface area contributed by atoms with Gasteiger partial charge in [-0.25, -0.2) is 5.84 Å². The second-order valence-corrected chi connectivity index (χ2v) is 6.65. The van der Waals surface area contributed by atoms with E-state index in [4.69, 9.17) is 20.1 Å². The van der Waals surface area contributed by atoms with Crippen LogP contribution in [-0.4, -0.2) is 40.1 Å². The highest BCUT2D eigenvalue weighted by molar-refractivity contribution is 7.89. The van der Waals surface area contributed by atoms with Crippen LogP contribution in [0, 0.1) is 0 Å². The van der Waals surface area contributed by atoms with Crippen molar-refractivity contribution in [2.75, 3.05) is 21.3 Å². The summed E-state index contributed by atoms with van der Waals surface area (Å²) in [6.07, 6.45) is 0. The standard InChI is InChI=1S/C16H18N2O6S/c1-22-13-9-11(10-14(23-2)15(13)24-3)16(19)18(17)25(20,21)12-7-5-4-6-8-12/h4-10H,17H2,1-3H3. The van der Waals surface area contributed by atoms with Crippen LogP contribution in [0.3, 0.4) is 0 Å². The van der Waals surface area contributed by atoms with E-state index in [0.717, 1.165) is 0 Å². The number of methoxy groups -OCH3 is 3. The summed E-state index contributed by atoms with van der Waals surface area (Å²) in [5, 5.41) is 0. The Labute approximate surface area is 145 Å². The van der Waals surface area contributed by atoms with E-state index in [0.29, 0.717) is 0 Å². The molecule has 0 unspecified atom stereocenters. The second-order valence-electron chi connectivity index (χ2n) is 4.83. The van der Waals surface area contributed by atoms with Gasteiger partial charge in [0.25, 0.3) is 15.9 Å². The lowest BCUT2D eigenvalue weighted by molar-refractivity contribution is 0.0860. The number of carbonyl (C=O) groups is 1. The molecule has 0 aliphatic carbocycles. The number of amides is 1. The zero-order chi connectivity index (χ0) is 18.6. The van der Waals surface area contributed by atoms with E-state index in [1.54, 1.807) is 6.07 Å². The molecule has 0 atom stereocenters. The maximum atomic E-state index is 12.6. The number of benzene rings is 2. The van der Waals surface area contributed by atoms with Gasteiger partial charge in [-0.3, -0.25) is 4.79 Å². The van der Waals surface area contributed by atoms with Gasteiger partial charge in [-0.05, 0) is 24.3 Å². The van der Waals surface area contributed by atoms with Gasteiger partial charge in [-0.2, -0.15) is 12.8 Å². The average Bonchev–Trinajstić information content (AvgIpc) is 2.66. The Morgan fingerprint density at radius 2 is 1.48 bits per heavy atom. The Kier molecular flexibility index (Phi) is 5.50. The van der Waals surface area contributed by atoms with Gasteiger partial charge in [-0.1, -0.05) is 18.2 Å². The number of nitrogens with two attached hydrogens (primary N) is 1. The molecule has 0 aliphatic rings. The molecule has 2 N–H and O–H groups in total. The average molecular weight is 366 g/mol. The molecule has 2 aromatic rings. The van der Waals surface area contributed by atoms with E-state index in [2.05, 4.69) is 0 Å². The van der Waals surface area contributed by atoms with Crippen LogP contribution >= 0.6 is 0 Å². The van der Waals surface area contributed by atoms with Crippen LogP contribution in [0.5, 0.6) is 17.2 Å². The van der Waals surface area contributed by atoms with Crippen LogP contribution in [0.1, 0.15) is 10.4 Å². The normalized spacial score (nSPS) is 10.9. The van der Waals surface area contributed by atoms with Crippen molar-refractivity contribution in [3.8, 4) is 17.2 Å². The third-order valence-electron chi connectivity index (χ3n) is 3.41. The van der Waals surface area contributed by atoms with Crippen molar-refractivity contribution in [2.45, 2.75) is 4.90 Å². The number of sulfonamides is 1. The summed E-state index contributed by atoms with van der Waals surface area (Å²) in [7, 11) is -0.0160. The fourth-order valence-corrected chi connectivity index (χ4v) is 3.20. The van der Waals surface area contributed by atoms with Gasteiger partial charge in [0.1, 0.15) is 0 Å². The Balaban J connectivity index is 2.47. The van der Waals surface area contributed by atoms with Crippen molar-refractivity contribution in [3.63, 3.8) is 0 Å². The lowest BCUT2D eigenvalue weighted by atomic mass is 10.1. The van der Waals surface area contributed by atoms with Crippen LogP contribution < -0.4 is 20.1 Å². The van der Waals surface area contributed by atoms with Crippen molar-refractivity contribution >= 4 is 15.9 Å². The third kappa shape index (κ3) is 3.52. The molecular weight excluding hydrogens is 348 g/mol. The van der Waals surface area contributed by atoms with Crippen LogP contribution in [0.25, 0.3) is 0 Å². The van der Waals surface area contributed by atoms with Gasteiger partial charge in [0, 0.05) is 5.56 Å². The minimum atomic E-state index is -4.19. The van der Waals surface area contributed by atoms with E-state index in [-0.39, 0.29) is 32.1 Å². The predicted octanol–water partition coefficient (Wildman–Crippen LogP) is 1.42. The lowest BCUT2D eigenvalue weighted by Gasteiger charge is -2.19. The number of hydrogen-bond donors (Lipinski definition) is 1. The highest BCUT2D eigenvalue weighted by Crippen LogP contribution is 2.38. The zero-order valence-electron chi connectivity index (χ0n) is 13.9. The van der Waals surface area contributed by atoms with Crippen molar-refractivity contribution in [1.82, 2.24) is 4.41 Å². The number of ether oxygens (including phenoxy) is 3. The number of hydrogen-bond acceptors (Lipinski definition) is 7. The number of nitrogens with zero attached hydrogens (tertiary/aromatic N) is 1. The maximum absolute atomic E-state index is 12.6. The molecule has 0 radical (unpaired) electrons. The maximum Gasteiger partial charge on any atom is 0.282 e. The van der Waals surface area contributed by atoms with Crippen LogP contribution in [0.2, 0.25) is 0 Å². The molecular formula is C16H18N2O6S. The molecule has 0 heterocycles. The molecule has 1 amide bonds. The largest absolute Gasteiger partial charge is 0.493 e. The summed E-state index contributed by atoms with van der Waals surface area (Å²) in [4.78, 5) is 12.5. The molecule has 8 nitrogen and oxygen atoms in total. The van der Waals surface area contributed by atoms with Crippen LogP contribution in [-0.2, 0) is 10.0 Å². The first-order chi connectivity index (χ1) is 11.9. The first kappa shape index (κ1) is 18.6. The minimum absolute atomic E-state index is 0.0310. The third-order valence-corrected chi connectivity index (χ3v) is 4.96. The van der Waals surface area contributed by atoms with E-state index in [9.17, 15) is 13.2 Å². The summed E-state index contributed by atoms with van der Waals surface area (Å²) in [5.74, 6) is 5.34. The molecule has 2 rings (SSSR count). The van der Waals surface area contributed by atoms with Gasteiger partial charge in [-0.15, -0.1) is 0 Å². The fraction of sp³-hybridized carbons (Fsp3) is 0.188. The Morgan fingerprint density at radius 1 is 0.960 bits per heavy atom. The topological polar surface area (TPSA) is 108 Å². The minimum Gasteiger partial charge on any atom is -0.493 e. The zero-order valence-corrected chi connectivity index (χ0v) is 14.7. The number of rotatable bonds is 6. The summed E-state index contributed by atoms with van der Waals surface area (Å²) < 4.78 is 40.6. The molecule has 0 saturated heterocycles. The van der Waals surface area contributed by atoms with Crippen LogP contribution in [0.15, 0.2) is 47.4 Å². The molecule has 0 aliphatic heterocycles. The van der Waals surface area contributed by atoms with Crippen molar-refractivity contribution < 1.29 is 27.4 Å². The summed E-state index contributed by atoms with van der Waals surface area (Å²) in [6, 6.07) is 10.1. The van der Waals surface area contributed by atoms with E-state index in [1.807, 2.05) is 0 Å². The molecule has 0 saturated carbocycles. The van der Waals surface area contributed by atoms with E-state index < -0.39 is 15.9 Å². The number of carbonyl (C=O) groups excluding carboxylic acids is 1. The number of hydrazine groups is 1. The lowest BCUT2D eigenvalue weighted by Crippen LogP contribution is -2.42. The molecule has 0 spiro atoms. The first-order valence-electron chi connectivity index (χ1n) is 7.06. The molecule has 134 valence electrons. The molecule has 2 aromatic carbocycles. The van der Waals surface area contributed by atoms with Gasteiger partial charge >= 0.3 is 0 Å². The van der Waals surface area contributed by atoms with Crippen molar-refractivity contribution in [2.24, 2.45) is 5.84 Å². The Morgan fingerprint density at radius 3 is 1.92 bits per heavy atom. The Hall–Kier alpha value is -2.78. The van der Waals surface area contributed by atoms with Crippen molar-refractivity contribution in [3.05, 3.63) is 48.0 Å². The summed E-state index contributed by atoms with van der Waals surface area (Å²) >= 11 is 0. The quantitative estimate of drug-likeness (QED) is 0.468. The van der Waals surface area contributed by atoms with E-state index >= 15 is 0 Å². The first-order valence-corrected chi connectivity index (χ1v) is 8.50.